The lowest BCUT2D eigenvalue weighted by Gasteiger charge is -2.22. The molecule has 1 N–H and O–H groups in total. The van der Waals surface area contributed by atoms with Crippen molar-refractivity contribution in [3.8, 4) is 0 Å². The summed E-state index contributed by atoms with van der Waals surface area (Å²) in [7, 11) is 6.21. The molecular formula is C30H47ClN2O7. The predicted molar refractivity (Wildman–Crippen MR) is 156 cm³/mol. The Balaban J connectivity index is 2.56. The lowest BCUT2D eigenvalue weighted by Crippen LogP contribution is -2.42. The number of nitrogens with zero attached hydrogens (tertiary/aromatic N) is 2. The zero-order valence-electron chi connectivity index (χ0n) is 24.7. The first kappa shape index (κ1) is 35.4. The van der Waals surface area contributed by atoms with E-state index in [0.717, 1.165) is 17.7 Å². The molecule has 1 aliphatic rings. The Labute approximate surface area is 244 Å². The lowest BCUT2D eigenvalue weighted by molar-refractivity contribution is -0.140. The number of aliphatic hydroxyl groups excluding tert-OH is 1. The number of allylic oxidation sites excluding steroid dienone is 2. The van der Waals surface area contributed by atoms with Gasteiger partial charge < -0.3 is 24.2 Å². The van der Waals surface area contributed by atoms with E-state index in [1.807, 2.05) is 6.08 Å². The molecule has 0 saturated heterocycles. The Morgan fingerprint density at radius 3 is 2.50 bits per heavy atom. The lowest BCUT2D eigenvalue weighted by atomic mass is 10.1. The third kappa shape index (κ3) is 12.3. The minimum absolute atomic E-state index is 0.0366. The number of rotatable bonds is 20. The van der Waals surface area contributed by atoms with E-state index < -0.39 is 24.5 Å². The fourth-order valence-corrected chi connectivity index (χ4v) is 4.55. The Bertz CT molecular complexity index is 929. The fraction of sp³-hybridized carbons (Fsp3) is 0.633. The molecule has 0 radical (unpaired) electrons. The topological polar surface area (TPSA) is 106 Å². The molecule has 0 aliphatic carbocycles. The molecule has 1 rings (SSSR count). The molecule has 0 unspecified atom stereocenters. The van der Waals surface area contributed by atoms with E-state index in [0.29, 0.717) is 18.4 Å². The number of likely N-dealkylation sites (N-methyl/N-ethyl adjacent to an activating group) is 1. The summed E-state index contributed by atoms with van der Waals surface area (Å²) >= 11 is 6.02. The minimum atomic E-state index is -0.892. The minimum Gasteiger partial charge on any atom is -0.501 e. The quantitative estimate of drug-likeness (QED) is 0.0946. The predicted octanol–water partition coefficient (Wildman–Crippen LogP) is 4.85. The summed E-state index contributed by atoms with van der Waals surface area (Å²) in [6.07, 6.45) is 15.9. The molecule has 0 bridgehead atoms. The van der Waals surface area contributed by atoms with Gasteiger partial charge in [-0.3, -0.25) is 19.3 Å². The zero-order chi connectivity index (χ0) is 29.9. The number of methoxy groups -OCH3 is 3. The van der Waals surface area contributed by atoms with Crippen LogP contribution in [0.2, 0.25) is 0 Å². The van der Waals surface area contributed by atoms with Gasteiger partial charge >= 0.3 is 0 Å². The number of halogens is 1. The first-order chi connectivity index (χ1) is 19.3. The van der Waals surface area contributed by atoms with Crippen LogP contribution < -0.4 is 0 Å². The van der Waals surface area contributed by atoms with Crippen molar-refractivity contribution in [2.24, 2.45) is 0 Å². The molecular weight excluding hydrogens is 536 g/mol. The number of imide groups is 1. The van der Waals surface area contributed by atoms with Crippen molar-refractivity contribution in [3.05, 3.63) is 46.9 Å². The van der Waals surface area contributed by atoms with Gasteiger partial charge in [0.2, 0.25) is 5.91 Å². The van der Waals surface area contributed by atoms with Gasteiger partial charge in [0.05, 0.1) is 26.9 Å². The van der Waals surface area contributed by atoms with Crippen LogP contribution in [-0.4, -0.2) is 86.3 Å². The van der Waals surface area contributed by atoms with Gasteiger partial charge in [-0.15, -0.1) is 0 Å². The van der Waals surface area contributed by atoms with Crippen molar-refractivity contribution in [1.29, 1.82) is 0 Å². The maximum Gasteiger partial charge on any atom is 0.257 e. The average Bonchev–Trinajstić information content (AvgIpc) is 3.29. The number of unbranched alkanes of at least 4 members (excludes halogenated alkanes) is 4. The van der Waals surface area contributed by atoms with Gasteiger partial charge in [0.15, 0.2) is 0 Å². The molecule has 3 amide bonds. The van der Waals surface area contributed by atoms with Gasteiger partial charge in [0, 0.05) is 51.2 Å². The summed E-state index contributed by atoms with van der Waals surface area (Å²) in [4.78, 5) is 40.2. The smallest absolute Gasteiger partial charge is 0.257 e. The molecule has 0 aromatic rings. The van der Waals surface area contributed by atoms with E-state index in [1.165, 1.54) is 64.0 Å². The molecule has 40 heavy (non-hydrogen) atoms. The highest BCUT2D eigenvalue weighted by Crippen LogP contribution is 2.22. The molecule has 9 nitrogen and oxygen atoms in total. The molecule has 226 valence electrons. The highest BCUT2D eigenvalue weighted by Gasteiger charge is 2.37. The molecule has 0 saturated carbocycles. The number of carbonyl (C=O) groups is 3. The average molecular weight is 583 g/mol. The van der Waals surface area contributed by atoms with Crippen LogP contribution in [0, 0.1) is 0 Å². The second-order valence-corrected chi connectivity index (χ2v) is 10.0. The number of amides is 3. The molecule has 0 spiro atoms. The van der Waals surface area contributed by atoms with Crippen LogP contribution in [0.25, 0.3) is 0 Å². The van der Waals surface area contributed by atoms with Crippen LogP contribution in [0.4, 0.5) is 0 Å². The SMILES string of the molecule is CCCCCCC[C@H](C/C=C/CCC(=O)N(C)C/C(=C\Cl)C/C(=C\C(=O)N1C(=O)C=C(OC)[C@H]1CO)OC)OC. The van der Waals surface area contributed by atoms with E-state index in [1.54, 1.807) is 19.1 Å². The van der Waals surface area contributed by atoms with Crippen LogP contribution in [-0.2, 0) is 28.6 Å². The largest absolute Gasteiger partial charge is 0.501 e. The number of hydrogen-bond acceptors (Lipinski definition) is 7. The summed E-state index contributed by atoms with van der Waals surface area (Å²) in [6, 6.07) is -0.892. The first-order valence-corrected chi connectivity index (χ1v) is 14.4. The van der Waals surface area contributed by atoms with Crippen molar-refractivity contribution in [1.82, 2.24) is 9.80 Å². The van der Waals surface area contributed by atoms with Crippen molar-refractivity contribution in [3.63, 3.8) is 0 Å². The van der Waals surface area contributed by atoms with Gasteiger partial charge in [-0.2, -0.15) is 0 Å². The van der Waals surface area contributed by atoms with Crippen molar-refractivity contribution in [2.45, 2.75) is 83.3 Å². The second-order valence-electron chi connectivity index (χ2n) is 9.81. The van der Waals surface area contributed by atoms with Gasteiger partial charge in [0.1, 0.15) is 17.6 Å². The van der Waals surface area contributed by atoms with E-state index in [4.69, 9.17) is 25.8 Å². The first-order valence-electron chi connectivity index (χ1n) is 13.9. The van der Waals surface area contributed by atoms with Gasteiger partial charge in [0.25, 0.3) is 11.8 Å². The Kier molecular flexibility index (Phi) is 18.0. The standard InChI is InChI=1S/C30H47ClN2O7/c1-6-7-8-9-11-14-24(38-3)15-12-10-13-16-28(35)32(2)21-23(20-31)17-25(39-4)18-29(36)33-26(22-34)27(40-5)19-30(33)37/h10,12,18-20,24,26,34H,6-9,11,13-17,21-22H2,1-5H3/b12-10+,23-20-,25-18+/t24-,26-/m1/s1. The monoisotopic (exact) mass is 582 g/mol. The van der Waals surface area contributed by atoms with E-state index in [2.05, 4.69) is 13.0 Å². The number of aliphatic hydroxyl groups is 1. The van der Waals surface area contributed by atoms with E-state index in [9.17, 15) is 19.5 Å². The molecule has 1 aliphatic heterocycles. The summed E-state index contributed by atoms with van der Waals surface area (Å²) in [6.45, 7) is 2.00. The van der Waals surface area contributed by atoms with Crippen molar-refractivity contribution < 1.29 is 33.7 Å². The summed E-state index contributed by atoms with van der Waals surface area (Å²) < 4.78 is 16.0. The highest BCUT2D eigenvalue weighted by molar-refractivity contribution is 6.25. The van der Waals surface area contributed by atoms with Gasteiger partial charge in [-0.1, -0.05) is 62.8 Å². The number of carbonyl (C=O) groups excluding carboxylic acids is 3. The highest BCUT2D eigenvalue weighted by atomic mass is 35.5. The maximum atomic E-state index is 12.8. The number of hydrogen-bond donors (Lipinski definition) is 1. The molecule has 0 aromatic heterocycles. The van der Waals surface area contributed by atoms with Gasteiger partial charge in [-0.05, 0) is 24.8 Å². The van der Waals surface area contributed by atoms with Crippen LogP contribution >= 0.6 is 11.6 Å². The molecule has 10 heteroatoms. The molecule has 0 aromatic carbocycles. The molecule has 1 heterocycles. The van der Waals surface area contributed by atoms with Crippen LogP contribution in [0.3, 0.4) is 0 Å². The Hall–Kier alpha value is -2.62. The third-order valence-electron chi connectivity index (χ3n) is 6.81. The molecule has 2 atom stereocenters. The van der Waals surface area contributed by atoms with Gasteiger partial charge in [-0.25, -0.2) is 0 Å². The second kappa shape index (κ2) is 20.3. The summed E-state index contributed by atoms with van der Waals surface area (Å²) in [5.74, 6) is -0.803. The molecule has 0 fully saturated rings. The van der Waals surface area contributed by atoms with Crippen molar-refractivity contribution >= 4 is 29.3 Å². The number of ether oxygens (including phenoxy) is 3. The zero-order valence-corrected chi connectivity index (χ0v) is 25.5. The van der Waals surface area contributed by atoms with Crippen LogP contribution in [0.1, 0.15) is 71.1 Å². The fourth-order valence-electron chi connectivity index (χ4n) is 4.40. The van der Waals surface area contributed by atoms with E-state index >= 15 is 0 Å². The Morgan fingerprint density at radius 1 is 1.18 bits per heavy atom. The van der Waals surface area contributed by atoms with E-state index in [-0.39, 0.29) is 36.5 Å². The summed E-state index contributed by atoms with van der Waals surface area (Å²) in [5.41, 5.74) is 2.01. The normalized spacial score (nSPS) is 16.9. The van der Waals surface area contributed by atoms with Crippen LogP contribution in [0.15, 0.2) is 46.9 Å². The third-order valence-corrected chi connectivity index (χ3v) is 7.12. The van der Waals surface area contributed by atoms with Crippen LogP contribution in [0.5, 0.6) is 0 Å². The Morgan fingerprint density at radius 2 is 1.90 bits per heavy atom. The maximum absolute atomic E-state index is 12.8. The van der Waals surface area contributed by atoms with Crippen molar-refractivity contribution in [2.75, 3.05) is 41.5 Å². The summed E-state index contributed by atoms with van der Waals surface area (Å²) in [5, 5.41) is 9.62.